The van der Waals surface area contributed by atoms with Crippen molar-refractivity contribution in [1.82, 2.24) is 0 Å². The normalized spacial score (nSPS) is 10.3. The van der Waals surface area contributed by atoms with Gasteiger partial charge in [0.2, 0.25) is 0 Å². The van der Waals surface area contributed by atoms with Crippen molar-refractivity contribution in [1.29, 1.82) is 0 Å². The smallest absolute Gasteiger partial charge is 0.257 e. The highest BCUT2D eigenvalue weighted by molar-refractivity contribution is 6.34. The molecule has 4 heteroatoms. The first-order chi connectivity index (χ1) is 8.99. The molecule has 2 rings (SSSR count). The van der Waals surface area contributed by atoms with E-state index in [-0.39, 0.29) is 17.2 Å². The van der Waals surface area contributed by atoms with Gasteiger partial charge < -0.3 is 10.4 Å². The number of hydrogen-bond acceptors (Lipinski definition) is 2. The van der Waals surface area contributed by atoms with Crippen LogP contribution in [0.2, 0.25) is 5.02 Å². The lowest BCUT2D eigenvalue weighted by Crippen LogP contribution is -2.13. The van der Waals surface area contributed by atoms with Gasteiger partial charge in [-0.2, -0.15) is 0 Å². The van der Waals surface area contributed by atoms with Crippen LogP contribution in [0.5, 0.6) is 5.75 Å². The number of carbonyl (C=O) groups is 1. The van der Waals surface area contributed by atoms with E-state index in [9.17, 15) is 9.90 Å². The molecule has 3 nitrogen and oxygen atoms in total. The van der Waals surface area contributed by atoms with Crippen molar-refractivity contribution in [2.24, 2.45) is 0 Å². The van der Waals surface area contributed by atoms with Gasteiger partial charge in [0.15, 0.2) is 0 Å². The van der Waals surface area contributed by atoms with Gasteiger partial charge in [-0.25, -0.2) is 0 Å². The lowest BCUT2D eigenvalue weighted by Gasteiger charge is -2.11. The van der Waals surface area contributed by atoms with E-state index >= 15 is 0 Å². The Morgan fingerprint density at radius 2 is 1.95 bits per heavy atom. The summed E-state index contributed by atoms with van der Waals surface area (Å²) in [5.41, 5.74) is 3.10. The highest BCUT2D eigenvalue weighted by atomic mass is 35.5. The highest BCUT2D eigenvalue weighted by Gasteiger charge is 2.12. The van der Waals surface area contributed by atoms with Crippen LogP contribution in [-0.4, -0.2) is 11.0 Å². The first kappa shape index (κ1) is 13.4. The second-order valence-corrected chi connectivity index (χ2v) is 4.77. The number of phenols is 1. The number of benzene rings is 2. The summed E-state index contributed by atoms with van der Waals surface area (Å²) in [6, 6.07) is 9.97. The molecule has 2 aromatic rings. The fourth-order valence-electron chi connectivity index (χ4n) is 1.76. The van der Waals surface area contributed by atoms with E-state index in [0.29, 0.717) is 5.02 Å². The van der Waals surface area contributed by atoms with E-state index < -0.39 is 0 Å². The number of anilines is 1. The van der Waals surface area contributed by atoms with Gasteiger partial charge in [-0.15, -0.1) is 0 Å². The summed E-state index contributed by atoms with van der Waals surface area (Å²) < 4.78 is 0. The van der Waals surface area contributed by atoms with Crippen LogP contribution in [0.15, 0.2) is 36.4 Å². The molecule has 0 atom stereocenters. The third-order valence-corrected chi connectivity index (χ3v) is 3.38. The molecule has 0 spiro atoms. The van der Waals surface area contributed by atoms with Gasteiger partial charge in [-0.1, -0.05) is 23.7 Å². The van der Waals surface area contributed by atoms with Crippen molar-refractivity contribution >= 4 is 23.2 Å². The second kappa shape index (κ2) is 5.33. The zero-order chi connectivity index (χ0) is 14.0. The molecule has 0 radical (unpaired) electrons. The van der Waals surface area contributed by atoms with Gasteiger partial charge in [-0.3, -0.25) is 4.79 Å². The number of aromatic hydroxyl groups is 1. The summed E-state index contributed by atoms with van der Waals surface area (Å²) in [5, 5.41) is 12.5. The molecule has 0 aliphatic heterocycles. The molecule has 0 saturated heterocycles. The van der Waals surface area contributed by atoms with Crippen LogP contribution in [0.4, 0.5) is 5.69 Å². The van der Waals surface area contributed by atoms with Gasteiger partial charge in [0, 0.05) is 5.69 Å². The predicted octanol–water partition coefficient (Wildman–Crippen LogP) is 3.91. The lowest BCUT2D eigenvalue weighted by atomic mass is 10.1. The molecular formula is C15H14ClNO2. The van der Waals surface area contributed by atoms with Crippen LogP contribution in [0, 0.1) is 13.8 Å². The molecule has 0 unspecified atom stereocenters. The average molecular weight is 276 g/mol. The van der Waals surface area contributed by atoms with Gasteiger partial charge >= 0.3 is 0 Å². The Kier molecular flexibility index (Phi) is 3.76. The number of phenolic OH excluding ortho intramolecular Hbond substituents is 1. The number of aryl methyl sites for hydroxylation is 1. The summed E-state index contributed by atoms with van der Waals surface area (Å²) in [4.78, 5) is 12.1. The Balaban J connectivity index is 2.31. The first-order valence-corrected chi connectivity index (χ1v) is 6.23. The largest absolute Gasteiger partial charge is 0.508 e. The van der Waals surface area contributed by atoms with Gasteiger partial charge in [-0.05, 0) is 49.2 Å². The SMILES string of the molecule is Cc1cccc(NC(=O)c2cc(O)ccc2Cl)c1C. The van der Waals surface area contributed by atoms with Crippen LogP contribution in [0.25, 0.3) is 0 Å². The van der Waals surface area contributed by atoms with Crippen molar-refractivity contribution in [2.75, 3.05) is 5.32 Å². The Morgan fingerprint density at radius 3 is 2.68 bits per heavy atom. The summed E-state index contributed by atoms with van der Waals surface area (Å²) in [5.74, 6) is -0.329. The molecule has 2 N–H and O–H groups in total. The molecule has 0 bridgehead atoms. The molecule has 0 aromatic heterocycles. The fraction of sp³-hybridized carbons (Fsp3) is 0.133. The van der Waals surface area contributed by atoms with Crippen molar-refractivity contribution in [3.8, 4) is 5.75 Å². The lowest BCUT2D eigenvalue weighted by molar-refractivity contribution is 0.102. The molecule has 0 aliphatic carbocycles. The molecule has 0 fully saturated rings. The van der Waals surface area contributed by atoms with Crippen LogP contribution < -0.4 is 5.32 Å². The number of amides is 1. The summed E-state index contributed by atoms with van der Waals surface area (Å²) in [6.45, 7) is 3.92. The molecular weight excluding hydrogens is 262 g/mol. The minimum atomic E-state index is -0.338. The minimum Gasteiger partial charge on any atom is -0.508 e. The number of halogens is 1. The second-order valence-electron chi connectivity index (χ2n) is 4.37. The first-order valence-electron chi connectivity index (χ1n) is 5.85. The minimum absolute atomic E-state index is 0.00974. The van der Waals surface area contributed by atoms with E-state index in [1.807, 2.05) is 32.0 Å². The van der Waals surface area contributed by atoms with Crippen LogP contribution in [-0.2, 0) is 0 Å². The standard InChI is InChI=1S/C15H14ClNO2/c1-9-4-3-5-14(10(9)2)17-15(19)12-8-11(18)6-7-13(12)16/h3-8,18H,1-2H3,(H,17,19). The van der Waals surface area contributed by atoms with Crippen molar-refractivity contribution in [3.05, 3.63) is 58.1 Å². The maximum atomic E-state index is 12.1. The predicted molar refractivity (Wildman–Crippen MR) is 77.0 cm³/mol. The van der Waals surface area contributed by atoms with E-state index in [1.165, 1.54) is 18.2 Å². The highest BCUT2D eigenvalue weighted by Crippen LogP contribution is 2.24. The van der Waals surface area contributed by atoms with Gasteiger partial charge in [0.25, 0.3) is 5.91 Å². The van der Waals surface area contributed by atoms with Crippen molar-refractivity contribution in [2.45, 2.75) is 13.8 Å². The summed E-state index contributed by atoms with van der Waals surface area (Å²) >= 11 is 5.96. The molecule has 19 heavy (non-hydrogen) atoms. The molecule has 0 aliphatic rings. The van der Waals surface area contributed by atoms with Gasteiger partial charge in [0.1, 0.15) is 5.75 Å². The molecule has 98 valence electrons. The third-order valence-electron chi connectivity index (χ3n) is 3.05. The molecule has 1 amide bonds. The number of rotatable bonds is 2. The fourth-order valence-corrected chi connectivity index (χ4v) is 1.97. The summed E-state index contributed by atoms with van der Waals surface area (Å²) in [7, 11) is 0. The maximum absolute atomic E-state index is 12.1. The average Bonchev–Trinajstić information content (AvgIpc) is 2.38. The topological polar surface area (TPSA) is 49.3 Å². The van der Waals surface area contributed by atoms with E-state index in [0.717, 1.165) is 16.8 Å². The monoisotopic (exact) mass is 275 g/mol. The number of carbonyl (C=O) groups excluding carboxylic acids is 1. The Labute approximate surface area is 116 Å². The van der Waals surface area contributed by atoms with E-state index in [4.69, 9.17) is 11.6 Å². The van der Waals surface area contributed by atoms with Crippen molar-refractivity contribution in [3.63, 3.8) is 0 Å². The zero-order valence-electron chi connectivity index (χ0n) is 10.7. The van der Waals surface area contributed by atoms with Crippen molar-refractivity contribution < 1.29 is 9.90 Å². The van der Waals surface area contributed by atoms with E-state index in [1.54, 1.807) is 0 Å². The third kappa shape index (κ3) is 2.88. The molecule has 0 heterocycles. The zero-order valence-corrected chi connectivity index (χ0v) is 11.5. The summed E-state index contributed by atoms with van der Waals surface area (Å²) in [6.07, 6.45) is 0. The Bertz CT molecular complexity index is 638. The van der Waals surface area contributed by atoms with Crippen LogP contribution in [0.3, 0.4) is 0 Å². The number of nitrogens with one attached hydrogen (secondary N) is 1. The van der Waals surface area contributed by atoms with Crippen LogP contribution >= 0.6 is 11.6 Å². The number of hydrogen-bond donors (Lipinski definition) is 2. The maximum Gasteiger partial charge on any atom is 0.257 e. The van der Waals surface area contributed by atoms with Crippen LogP contribution in [0.1, 0.15) is 21.5 Å². The Morgan fingerprint density at radius 1 is 1.21 bits per heavy atom. The molecule has 0 saturated carbocycles. The quantitative estimate of drug-likeness (QED) is 0.873. The molecule has 2 aromatic carbocycles. The van der Waals surface area contributed by atoms with E-state index in [2.05, 4.69) is 5.32 Å². The Hall–Kier alpha value is -2.00. The van der Waals surface area contributed by atoms with Gasteiger partial charge in [0.05, 0.1) is 10.6 Å².